The summed E-state index contributed by atoms with van der Waals surface area (Å²) in [7, 11) is 0. The van der Waals surface area contributed by atoms with E-state index in [4.69, 9.17) is 0 Å². The van der Waals surface area contributed by atoms with Gasteiger partial charge in [-0.15, -0.1) is 0 Å². The second-order valence-corrected chi connectivity index (χ2v) is 12.9. The molecule has 3 rings (SSSR count). The molecular formula is C30H50O. The molecular weight excluding hydrogens is 376 g/mol. The first-order valence-electron chi connectivity index (χ1n) is 13.2. The van der Waals surface area contributed by atoms with Gasteiger partial charge in [-0.05, 0) is 125 Å². The fourth-order valence-corrected chi connectivity index (χ4v) is 8.92. The summed E-state index contributed by atoms with van der Waals surface area (Å²) in [6.45, 7) is 19.4. The number of hydrogen-bond acceptors (Lipinski definition) is 1. The van der Waals surface area contributed by atoms with Crippen molar-refractivity contribution >= 4 is 6.29 Å². The first-order valence-corrected chi connectivity index (χ1v) is 13.2. The molecule has 1 heteroatoms. The van der Waals surface area contributed by atoms with Crippen LogP contribution in [0.1, 0.15) is 113 Å². The lowest BCUT2D eigenvalue weighted by Crippen LogP contribution is -2.50. The molecule has 0 spiro atoms. The molecule has 0 aromatic rings. The minimum atomic E-state index is 0.272. The van der Waals surface area contributed by atoms with Crippen LogP contribution < -0.4 is 0 Å². The van der Waals surface area contributed by atoms with Crippen LogP contribution in [-0.2, 0) is 4.79 Å². The number of carbonyl (C=O) groups is 1. The zero-order valence-corrected chi connectivity index (χ0v) is 21.9. The number of aldehydes is 1. The number of hydrogen-bond donors (Lipinski definition) is 0. The average Bonchev–Trinajstić information content (AvgIpc) is 3.13. The molecule has 3 saturated carbocycles. The lowest BCUT2D eigenvalue weighted by Gasteiger charge is -2.57. The Morgan fingerprint density at radius 1 is 0.968 bits per heavy atom. The average molecular weight is 427 g/mol. The summed E-state index contributed by atoms with van der Waals surface area (Å²) in [5.74, 6) is 3.99. The second-order valence-electron chi connectivity index (χ2n) is 12.9. The summed E-state index contributed by atoms with van der Waals surface area (Å²) in [4.78, 5) is 11.3. The van der Waals surface area contributed by atoms with Crippen LogP contribution in [0.25, 0.3) is 0 Å². The Labute approximate surface area is 193 Å². The van der Waals surface area contributed by atoms with Gasteiger partial charge in [0.2, 0.25) is 0 Å². The van der Waals surface area contributed by atoms with E-state index in [1.807, 2.05) is 0 Å². The lowest BCUT2D eigenvalue weighted by atomic mass is 9.47. The molecule has 0 heterocycles. The smallest absolute Gasteiger partial charge is 0.120 e. The van der Waals surface area contributed by atoms with Gasteiger partial charge in [0, 0.05) is 6.42 Å². The van der Waals surface area contributed by atoms with Crippen LogP contribution in [0.15, 0.2) is 23.3 Å². The SMILES string of the molecule is CC(C)=CCC[C@@H](C)[C@H]1CC[C@]2(C)[C@H]1CC[C@@H]1[C@@](C)(CCC=O)[C@@H](C=C(C)C)C[C@]12C. The third kappa shape index (κ3) is 4.24. The molecule has 0 aromatic heterocycles. The molecule has 31 heavy (non-hydrogen) atoms. The van der Waals surface area contributed by atoms with Crippen molar-refractivity contribution < 1.29 is 4.79 Å². The summed E-state index contributed by atoms with van der Waals surface area (Å²) in [5.41, 5.74) is 4.04. The van der Waals surface area contributed by atoms with Gasteiger partial charge in [-0.3, -0.25) is 0 Å². The topological polar surface area (TPSA) is 17.1 Å². The van der Waals surface area contributed by atoms with Gasteiger partial charge in [-0.25, -0.2) is 0 Å². The zero-order chi connectivity index (χ0) is 23.0. The maximum atomic E-state index is 11.3. The highest BCUT2D eigenvalue weighted by atomic mass is 16.1. The molecule has 3 aliphatic carbocycles. The van der Waals surface area contributed by atoms with Crippen LogP contribution >= 0.6 is 0 Å². The van der Waals surface area contributed by atoms with Crippen molar-refractivity contribution in [3.05, 3.63) is 23.3 Å². The van der Waals surface area contributed by atoms with E-state index in [1.54, 1.807) is 0 Å². The van der Waals surface area contributed by atoms with Gasteiger partial charge < -0.3 is 4.79 Å². The monoisotopic (exact) mass is 426 g/mol. The largest absolute Gasteiger partial charge is 0.303 e. The fraction of sp³-hybridized carbons (Fsp3) is 0.833. The summed E-state index contributed by atoms with van der Waals surface area (Å²) < 4.78 is 0. The third-order valence-corrected chi connectivity index (χ3v) is 10.7. The number of allylic oxidation sites excluding steroid dienone is 4. The molecule has 176 valence electrons. The first-order chi connectivity index (χ1) is 14.5. The minimum absolute atomic E-state index is 0.272. The highest BCUT2D eigenvalue weighted by Gasteiger charge is 2.68. The molecule has 8 atom stereocenters. The predicted molar refractivity (Wildman–Crippen MR) is 134 cm³/mol. The minimum Gasteiger partial charge on any atom is -0.303 e. The molecule has 0 bridgehead atoms. The number of rotatable bonds is 8. The first kappa shape index (κ1) is 24.8. The quantitative estimate of drug-likeness (QED) is 0.280. The highest BCUT2D eigenvalue weighted by molar-refractivity contribution is 5.49. The van der Waals surface area contributed by atoms with Crippen molar-refractivity contribution in [2.24, 2.45) is 45.8 Å². The molecule has 0 aromatic carbocycles. The van der Waals surface area contributed by atoms with Crippen molar-refractivity contribution in [1.82, 2.24) is 0 Å². The number of fused-ring (bicyclic) bond motifs is 3. The van der Waals surface area contributed by atoms with Gasteiger partial charge in [0.1, 0.15) is 6.29 Å². The van der Waals surface area contributed by atoms with Gasteiger partial charge in [-0.2, -0.15) is 0 Å². The predicted octanol–water partition coefficient (Wildman–Crippen LogP) is 8.79. The molecule has 0 radical (unpaired) electrons. The van der Waals surface area contributed by atoms with Gasteiger partial charge in [-0.1, -0.05) is 51.0 Å². The molecule has 0 amide bonds. The van der Waals surface area contributed by atoms with E-state index < -0.39 is 0 Å². The molecule has 0 N–H and O–H groups in total. The molecule has 1 nitrogen and oxygen atoms in total. The molecule has 3 fully saturated rings. The van der Waals surface area contributed by atoms with Crippen LogP contribution in [-0.4, -0.2) is 6.29 Å². The van der Waals surface area contributed by atoms with E-state index in [2.05, 4.69) is 67.5 Å². The molecule has 3 aliphatic rings. The van der Waals surface area contributed by atoms with Crippen LogP contribution in [0.2, 0.25) is 0 Å². The Bertz CT molecular complexity index is 708. The highest BCUT2D eigenvalue weighted by Crippen LogP contribution is 2.75. The standard InChI is InChI=1S/C30H50O/c1-21(2)11-9-12-23(5)25-15-17-29(7)26(25)13-14-27-28(6,16-10-18-31)24(19-22(3)4)20-30(27,29)8/h11,18-19,23-27H,9-10,12-17,20H2,1-8H3/t23-,24+,25-,26+,27-,28+,29-,30-/m1/s1. The summed E-state index contributed by atoms with van der Waals surface area (Å²) in [6.07, 6.45) is 17.5. The maximum absolute atomic E-state index is 11.3. The van der Waals surface area contributed by atoms with E-state index in [9.17, 15) is 4.79 Å². The Balaban J connectivity index is 1.88. The Hall–Kier alpha value is -0.850. The molecule has 0 unspecified atom stereocenters. The summed E-state index contributed by atoms with van der Waals surface area (Å²) in [5, 5.41) is 0. The van der Waals surface area contributed by atoms with E-state index in [0.29, 0.717) is 16.7 Å². The maximum Gasteiger partial charge on any atom is 0.120 e. The fourth-order valence-electron chi connectivity index (χ4n) is 8.92. The second kappa shape index (κ2) is 9.18. The van der Waals surface area contributed by atoms with Crippen LogP contribution in [0.4, 0.5) is 0 Å². The van der Waals surface area contributed by atoms with Crippen molar-refractivity contribution in [2.45, 2.75) is 113 Å². The van der Waals surface area contributed by atoms with E-state index in [0.717, 1.165) is 42.8 Å². The van der Waals surface area contributed by atoms with Crippen LogP contribution in [0, 0.1) is 45.8 Å². The summed E-state index contributed by atoms with van der Waals surface area (Å²) in [6, 6.07) is 0. The number of carbonyl (C=O) groups excluding carboxylic acids is 1. The van der Waals surface area contributed by atoms with Gasteiger partial charge >= 0.3 is 0 Å². The van der Waals surface area contributed by atoms with Crippen LogP contribution in [0.5, 0.6) is 0 Å². The van der Waals surface area contributed by atoms with E-state index >= 15 is 0 Å². The molecule has 0 saturated heterocycles. The lowest BCUT2D eigenvalue weighted by molar-refractivity contribution is -0.110. The van der Waals surface area contributed by atoms with Crippen molar-refractivity contribution in [3.8, 4) is 0 Å². The Morgan fingerprint density at radius 2 is 1.68 bits per heavy atom. The van der Waals surface area contributed by atoms with E-state index in [1.165, 1.54) is 56.1 Å². The Kier molecular flexibility index (Phi) is 7.34. The van der Waals surface area contributed by atoms with Gasteiger partial charge in [0.05, 0.1) is 0 Å². The van der Waals surface area contributed by atoms with Gasteiger partial charge in [0.25, 0.3) is 0 Å². The van der Waals surface area contributed by atoms with Crippen LogP contribution in [0.3, 0.4) is 0 Å². The van der Waals surface area contributed by atoms with Gasteiger partial charge in [0.15, 0.2) is 0 Å². The van der Waals surface area contributed by atoms with Crippen molar-refractivity contribution in [2.75, 3.05) is 0 Å². The zero-order valence-electron chi connectivity index (χ0n) is 21.9. The normalized spacial score (nSPS) is 42.5. The van der Waals surface area contributed by atoms with E-state index in [-0.39, 0.29) is 5.41 Å². The summed E-state index contributed by atoms with van der Waals surface area (Å²) >= 11 is 0. The Morgan fingerprint density at radius 3 is 2.29 bits per heavy atom. The van der Waals surface area contributed by atoms with Crippen molar-refractivity contribution in [1.29, 1.82) is 0 Å². The molecule has 0 aliphatic heterocycles. The van der Waals surface area contributed by atoms with Crippen molar-refractivity contribution in [3.63, 3.8) is 0 Å². The third-order valence-electron chi connectivity index (χ3n) is 10.7.